The third kappa shape index (κ3) is 5.57. The standard InChI is InChI=1S/C17H25F3N4O2/c1-16(2,6-7-23-10-8-22(3)9-11-23)21-14-5-4-13(17(18,19)20)12-15(14)24(25)26/h4-5,12,21H,6-11H2,1-3H3. The number of nitro benzene ring substituents is 1. The molecule has 0 unspecified atom stereocenters. The average Bonchev–Trinajstić information content (AvgIpc) is 2.53. The lowest BCUT2D eigenvalue weighted by molar-refractivity contribution is -0.384. The van der Waals surface area contributed by atoms with Crippen molar-refractivity contribution in [1.82, 2.24) is 9.80 Å². The molecule has 1 aromatic rings. The highest BCUT2D eigenvalue weighted by Gasteiger charge is 2.33. The van der Waals surface area contributed by atoms with E-state index < -0.39 is 27.9 Å². The number of halogens is 3. The molecular weight excluding hydrogens is 349 g/mol. The number of nitro groups is 1. The molecule has 0 saturated carbocycles. The van der Waals surface area contributed by atoms with Crippen molar-refractivity contribution in [2.24, 2.45) is 0 Å². The molecule has 0 radical (unpaired) electrons. The first-order chi connectivity index (χ1) is 12.0. The van der Waals surface area contributed by atoms with E-state index in [4.69, 9.17) is 0 Å². The van der Waals surface area contributed by atoms with Crippen LogP contribution in [0.4, 0.5) is 24.5 Å². The van der Waals surface area contributed by atoms with Crippen molar-refractivity contribution in [3.05, 3.63) is 33.9 Å². The zero-order chi connectivity index (χ0) is 19.5. The van der Waals surface area contributed by atoms with Crippen molar-refractivity contribution in [1.29, 1.82) is 0 Å². The van der Waals surface area contributed by atoms with Crippen LogP contribution in [0.25, 0.3) is 0 Å². The number of piperazine rings is 1. The summed E-state index contributed by atoms with van der Waals surface area (Å²) >= 11 is 0. The van der Waals surface area contributed by atoms with E-state index in [1.165, 1.54) is 0 Å². The fourth-order valence-corrected chi connectivity index (χ4v) is 2.90. The Bertz CT molecular complexity index is 641. The summed E-state index contributed by atoms with van der Waals surface area (Å²) in [4.78, 5) is 15.0. The molecule has 0 aliphatic carbocycles. The summed E-state index contributed by atoms with van der Waals surface area (Å²) in [7, 11) is 2.08. The van der Waals surface area contributed by atoms with Crippen LogP contribution in [0.3, 0.4) is 0 Å². The molecule has 0 bridgehead atoms. The molecule has 1 aliphatic rings. The van der Waals surface area contributed by atoms with Gasteiger partial charge in [0.2, 0.25) is 0 Å². The summed E-state index contributed by atoms with van der Waals surface area (Å²) in [6.45, 7) is 8.54. The van der Waals surface area contributed by atoms with Crippen molar-refractivity contribution in [3.8, 4) is 0 Å². The van der Waals surface area contributed by atoms with Crippen molar-refractivity contribution >= 4 is 11.4 Å². The molecular formula is C17H25F3N4O2. The average molecular weight is 374 g/mol. The van der Waals surface area contributed by atoms with E-state index in [0.717, 1.165) is 51.3 Å². The Morgan fingerprint density at radius 2 is 1.81 bits per heavy atom. The fourth-order valence-electron chi connectivity index (χ4n) is 2.90. The summed E-state index contributed by atoms with van der Waals surface area (Å²) in [5, 5.41) is 14.3. The zero-order valence-corrected chi connectivity index (χ0v) is 15.3. The first kappa shape index (κ1) is 20.4. The first-order valence-corrected chi connectivity index (χ1v) is 8.53. The zero-order valence-electron chi connectivity index (χ0n) is 15.3. The van der Waals surface area contributed by atoms with Crippen LogP contribution in [-0.4, -0.2) is 60.0 Å². The molecule has 0 aromatic heterocycles. The smallest absolute Gasteiger partial charge is 0.375 e. The molecule has 1 aromatic carbocycles. The monoisotopic (exact) mass is 374 g/mol. The van der Waals surface area contributed by atoms with Crippen LogP contribution in [0.1, 0.15) is 25.8 Å². The Morgan fingerprint density at radius 3 is 2.35 bits per heavy atom. The Labute approximate surface area is 151 Å². The van der Waals surface area contributed by atoms with Gasteiger partial charge in [-0.05, 0) is 39.4 Å². The van der Waals surface area contributed by atoms with Gasteiger partial charge < -0.3 is 15.1 Å². The van der Waals surface area contributed by atoms with Crippen molar-refractivity contribution in [3.63, 3.8) is 0 Å². The number of nitrogens with zero attached hydrogens (tertiary/aromatic N) is 3. The minimum absolute atomic E-state index is 0.103. The Hall–Kier alpha value is -1.87. The molecule has 6 nitrogen and oxygen atoms in total. The number of rotatable bonds is 6. The Morgan fingerprint density at radius 1 is 1.19 bits per heavy atom. The second-order valence-electron chi connectivity index (χ2n) is 7.39. The van der Waals surface area contributed by atoms with Crippen LogP contribution < -0.4 is 5.32 Å². The Balaban J connectivity index is 2.06. The van der Waals surface area contributed by atoms with Crippen LogP contribution in [0.5, 0.6) is 0 Å². The molecule has 1 fully saturated rings. The fraction of sp³-hybridized carbons (Fsp3) is 0.647. The van der Waals surface area contributed by atoms with Crippen LogP contribution in [0.15, 0.2) is 18.2 Å². The van der Waals surface area contributed by atoms with Gasteiger partial charge in [-0.25, -0.2) is 0 Å². The van der Waals surface area contributed by atoms with Crippen molar-refractivity contribution in [2.75, 3.05) is 45.1 Å². The summed E-state index contributed by atoms with van der Waals surface area (Å²) in [6, 6.07) is 2.59. The van der Waals surface area contributed by atoms with E-state index >= 15 is 0 Å². The normalized spacial score (nSPS) is 17.3. The molecule has 2 rings (SSSR count). The highest BCUT2D eigenvalue weighted by molar-refractivity contribution is 5.64. The molecule has 1 heterocycles. The maximum Gasteiger partial charge on any atom is 0.416 e. The third-order valence-electron chi connectivity index (χ3n) is 4.64. The van der Waals surface area contributed by atoms with E-state index in [9.17, 15) is 23.3 Å². The number of nitrogens with one attached hydrogen (secondary N) is 1. The van der Waals surface area contributed by atoms with Gasteiger partial charge >= 0.3 is 6.18 Å². The van der Waals surface area contributed by atoms with Crippen molar-refractivity contribution < 1.29 is 18.1 Å². The maximum absolute atomic E-state index is 12.8. The van der Waals surface area contributed by atoms with Gasteiger partial charge in [-0.3, -0.25) is 10.1 Å². The molecule has 146 valence electrons. The van der Waals surface area contributed by atoms with Gasteiger partial charge in [0.1, 0.15) is 5.69 Å². The quantitative estimate of drug-likeness (QED) is 0.611. The molecule has 1 N–H and O–H groups in total. The van der Waals surface area contributed by atoms with Gasteiger partial charge in [0.05, 0.1) is 10.5 Å². The first-order valence-electron chi connectivity index (χ1n) is 8.53. The highest BCUT2D eigenvalue weighted by Crippen LogP contribution is 2.36. The molecule has 26 heavy (non-hydrogen) atoms. The number of hydrogen-bond donors (Lipinski definition) is 1. The lowest BCUT2D eigenvalue weighted by Crippen LogP contribution is -2.46. The van der Waals surface area contributed by atoms with E-state index in [2.05, 4.69) is 22.2 Å². The minimum Gasteiger partial charge on any atom is -0.375 e. The van der Waals surface area contributed by atoms with Crippen LogP contribution in [0, 0.1) is 10.1 Å². The topological polar surface area (TPSA) is 61.6 Å². The van der Waals surface area contributed by atoms with Crippen LogP contribution in [-0.2, 0) is 6.18 Å². The molecule has 9 heteroatoms. The van der Waals surface area contributed by atoms with Gasteiger partial charge in [0, 0.05) is 44.3 Å². The molecule has 0 amide bonds. The van der Waals surface area contributed by atoms with Gasteiger partial charge in [-0.1, -0.05) is 0 Å². The molecule has 0 atom stereocenters. The lowest BCUT2D eigenvalue weighted by Gasteiger charge is -2.35. The summed E-state index contributed by atoms with van der Waals surface area (Å²) < 4.78 is 38.4. The second-order valence-corrected chi connectivity index (χ2v) is 7.39. The van der Waals surface area contributed by atoms with Crippen LogP contribution in [0.2, 0.25) is 0 Å². The third-order valence-corrected chi connectivity index (χ3v) is 4.64. The van der Waals surface area contributed by atoms with Gasteiger partial charge in [0.25, 0.3) is 5.69 Å². The number of alkyl halides is 3. The van der Waals surface area contributed by atoms with Crippen LogP contribution >= 0.6 is 0 Å². The van der Waals surface area contributed by atoms with Gasteiger partial charge in [0.15, 0.2) is 0 Å². The number of anilines is 1. The maximum atomic E-state index is 12.8. The molecule has 0 spiro atoms. The van der Waals surface area contributed by atoms with E-state index in [-0.39, 0.29) is 5.69 Å². The van der Waals surface area contributed by atoms with Crippen molar-refractivity contribution in [2.45, 2.75) is 32.0 Å². The number of likely N-dealkylation sites (N-methyl/N-ethyl adjacent to an activating group) is 1. The van der Waals surface area contributed by atoms with Gasteiger partial charge in [-0.15, -0.1) is 0 Å². The van der Waals surface area contributed by atoms with E-state index in [1.807, 2.05) is 13.8 Å². The molecule has 1 aliphatic heterocycles. The SMILES string of the molecule is CN1CCN(CCC(C)(C)Nc2ccc(C(F)(F)F)cc2[N+](=O)[O-])CC1. The molecule has 1 saturated heterocycles. The minimum atomic E-state index is -4.61. The van der Waals surface area contributed by atoms with E-state index in [1.54, 1.807) is 0 Å². The lowest BCUT2D eigenvalue weighted by atomic mass is 9.99. The number of benzene rings is 1. The largest absolute Gasteiger partial charge is 0.416 e. The van der Waals surface area contributed by atoms with E-state index in [0.29, 0.717) is 6.07 Å². The highest BCUT2D eigenvalue weighted by atomic mass is 19.4. The summed E-state index contributed by atoms with van der Waals surface area (Å²) in [5.41, 5.74) is -1.97. The van der Waals surface area contributed by atoms with Gasteiger partial charge in [-0.2, -0.15) is 13.2 Å². The number of hydrogen-bond acceptors (Lipinski definition) is 5. The predicted octanol–water partition coefficient (Wildman–Crippen LogP) is 3.44. The summed E-state index contributed by atoms with van der Waals surface area (Å²) in [6.07, 6.45) is -3.89. The second kappa shape index (κ2) is 7.79. The Kier molecular flexibility index (Phi) is 6.13. The predicted molar refractivity (Wildman–Crippen MR) is 94.4 cm³/mol. The summed E-state index contributed by atoms with van der Waals surface area (Å²) in [5.74, 6) is 0.